The molecule has 20 heavy (non-hydrogen) atoms. The molecule has 5 heteroatoms. The van der Waals surface area contributed by atoms with E-state index in [1.165, 1.54) is 29.9 Å². The zero-order chi connectivity index (χ0) is 13.8. The van der Waals surface area contributed by atoms with Crippen LogP contribution in [0.3, 0.4) is 0 Å². The van der Waals surface area contributed by atoms with E-state index in [1.54, 1.807) is 7.11 Å². The van der Waals surface area contributed by atoms with Gasteiger partial charge in [-0.3, -0.25) is 0 Å². The Balaban J connectivity index is 1.57. The first kappa shape index (κ1) is 13.9. The third-order valence-corrected chi connectivity index (χ3v) is 4.87. The summed E-state index contributed by atoms with van der Waals surface area (Å²) in [5.41, 5.74) is 1.18. The van der Waals surface area contributed by atoms with Crippen molar-refractivity contribution in [2.45, 2.75) is 19.4 Å². The summed E-state index contributed by atoms with van der Waals surface area (Å²) < 4.78 is 16.2. The molecule has 0 saturated carbocycles. The molecule has 0 bridgehead atoms. The van der Waals surface area contributed by atoms with Crippen molar-refractivity contribution in [2.75, 3.05) is 32.0 Å². The minimum Gasteiger partial charge on any atom is -0.493 e. The second-order valence-electron chi connectivity index (χ2n) is 5.22. The molecule has 2 aliphatic heterocycles. The Bertz CT molecular complexity index is 461. The van der Waals surface area contributed by atoms with Crippen LogP contribution in [-0.2, 0) is 6.54 Å². The number of nitrogens with one attached hydrogen (secondary N) is 1. The molecule has 0 spiro atoms. The van der Waals surface area contributed by atoms with Crippen molar-refractivity contribution in [1.82, 2.24) is 5.32 Å². The van der Waals surface area contributed by atoms with Gasteiger partial charge in [-0.25, -0.2) is 0 Å². The van der Waals surface area contributed by atoms with Gasteiger partial charge in [-0.2, -0.15) is 11.8 Å². The highest BCUT2D eigenvalue weighted by Gasteiger charge is 2.20. The van der Waals surface area contributed by atoms with Gasteiger partial charge in [0.2, 0.25) is 12.5 Å². The van der Waals surface area contributed by atoms with Gasteiger partial charge in [0.05, 0.1) is 7.11 Å². The van der Waals surface area contributed by atoms with Gasteiger partial charge in [-0.15, -0.1) is 0 Å². The summed E-state index contributed by atoms with van der Waals surface area (Å²) in [5.74, 6) is 5.71. The maximum absolute atomic E-state index is 5.45. The number of benzene rings is 1. The van der Waals surface area contributed by atoms with E-state index in [-0.39, 0.29) is 6.79 Å². The summed E-state index contributed by atoms with van der Waals surface area (Å²) in [6.07, 6.45) is 2.67. The van der Waals surface area contributed by atoms with E-state index in [9.17, 15) is 0 Å². The van der Waals surface area contributed by atoms with Gasteiger partial charge in [0.1, 0.15) is 0 Å². The molecule has 1 N–H and O–H groups in total. The molecular formula is C15H21NO3S. The number of fused-ring (bicyclic) bond motifs is 1. The minimum absolute atomic E-state index is 0.280. The predicted octanol–water partition coefficient (Wildman–Crippen LogP) is 2.66. The van der Waals surface area contributed by atoms with Crippen molar-refractivity contribution in [3.05, 3.63) is 17.7 Å². The second kappa shape index (κ2) is 6.59. The van der Waals surface area contributed by atoms with Crippen LogP contribution < -0.4 is 19.5 Å². The van der Waals surface area contributed by atoms with Crippen LogP contribution in [0.4, 0.5) is 0 Å². The Kier molecular flexibility index (Phi) is 4.58. The molecule has 0 atom stereocenters. The molecule has 4 nitrogen and oxygen atoms in total. The maximum atomic E-state index is 5.45. The van der Waals surface area contributed by atoms with Crippen LogP contribution in [0.2, 0.25) is 0 Å². The van der Waals surface area contributed by atoms with E-state index in [0.29, 0.717) is 0 Å². The second-order valence-corrected chi connectivity index (χ2v) is 6.44. The van der Waals surface area contributed by atoms with E-state index in [1.807, 2.05) is 12.1 Å². The standard InChI is InChI=1S/C15H21NO3S/c1-17-13-6-12(7-14-15(13)19-10-18-14)9-16-8-11-2-4-20-5-3-11/h6-7,11,16H,2-5,8-10H2,1H3. The Morgan fingerprint density at radius 1 is 1.30 bits per heavy atom. The van der Waals surface area contributed by atoms with Crippen molar-refractivity contribution in [3.63, 3.8) is 0 Å². The van der Waals surface area contributed by atoms with Crippen molar-refractivity contribution in [2.24, 2.45) is 5.92 Å². The highest BCUT2D eigenvalue weighted by atomic mass is 32.2. The van der Waals surface area contributed by atoms with Crippen LogP contribution in [0.1, 0.15) is 18.4 Å². The van der Waals surface area contributed by atoms with Crippen LogP contribution in [0.5, 0.6) is 17.2 Å². The van der Waals surface area contributed by atoms with Gasteiger partial charge < -0.3 is 19.5 Å². The topological polar surface area (TPSA) is 39.7 Å². The fourth-order valence-corrected chi connectivity index (χ4v) is 3.86. The maximum Gasteiger partial charge on any atom is 0.231 e. The van der Waals surface area contributed by atoms with Crippen LogP contribution in [-0.4, -0.2) is 32.0 Å². The smallest absolute Gasteiger partial charge is 0.231 e. The SMILES string of the molecule is COc1cc(CNCC2CCSCC2)cc2c1OCO2. The number of methoxy groups -OCH3 is 1. The molecule has 2 heterocycles. The lowest BCUT2D eigenvalue weighted by atomic mass is 10.0. The van der Waals surface area contributed by atoms with Crippen molar-refractivity contribution in [3.8, 4) is 17.2 Å². The number of hydrogen-bond acceptors (Lipinski definition) is 5. The molecule has 1 aromatic rings. The Morgan fingerprint density at radius 3 is 2.95 bits per heavy atom. The van der Waals surface area contributed by atoms with Gasteiger partial charge in [0, 0.05) is 6.54 Å². The fraction of sp³-hybridized carbons (Fsp3) is 0.600. The number of ether oxygens (including phenoxy) is 3. The zero-order valence-corrected chi connectivity index (χ0v) is 12.6. The van der Waals surface area contributed by atoms with Gasteiger partial charge >= 0.3 is 0 Å². The van der Waals surface area contributed by atoms with Crippen molar-refractivity contribution >= 4 is 11.8 Å². The minimum atomic E-state index is 0.280. The summed E-state index contributed by atoms with van der Waals surface area (Å²) in [6, 6.07) is 4.06. The molecule has 1 aromatic carbocycles. The summed E-state index contributed by atoms with van der Waals surface area (Å²) in [7, 11) is 1.66. The first-order valence-electron chi connectivity index (χ1n) is 7.12. The normalized spacial score (nSPS) is 18.2. The Hall–Kier alpha value is -1.07. The molecule has 0 radical (unpaired) electrons. The summed E-state index contributed by atoms with van der Waals surface area (Å²) >= 11 is 2.07. The van der Waals surface area contributed by atoms with Crippen LogP contribution >= 0.6 is 11.8 Å². The lowest BCUT2D eigenvalue weighted by Crippen LogP contribution is -2.25. The molecule has 110 valence electrons. The average molecular weight is 295 g/mol. The zero-order valence-electron chi connectivity index (χ0n) is 11.8. The predicted molar refractivity (Wildman–Crippen MR) is 80.9 cm³/mol. The van der Waals surface area contributed by atoms with E-state index >= 15 is 0 Å². The monoisotopic (exact) mass is 295 g/mol. The first-order valence-corrected chi connectivity index (χ1v) is 8.27. The van der Waals surface area contributed by atoms with Crippen molar-refractivity contribution in [1.29, 1.82) is 0 Å². The molecule has 1 saturated heterocycles. The average Bonchev–Trinajstić information content (AvgIpc) is 2.96. The summed E-state index contributed by atoms with van der Waals surface area (Å²) in [6.45, 7) is 2.22. The Morgan fingerprint density at radius 2 is 2.15 bits per heavy atom. The van der Waals surface area contributed by atoms with E-state index in [4.69, 9.17) is 14.2 Å². The van der Waals surface area contributed by atoms with E-state index in [2.05, 4.69) is 17.1 Å². The van der Waals surface area contributed by atoms with Gasteiger partial charge in [-0.1, -0.05) is 0 Å². The fourth-order valence-electron chi connectivity index (χ4n) is 2.66. The highest BCUT2D eigenvalue weighted by Crippen LogP contribution is 2.41. The van der Waals surface area contributed by atoms with E-state index < -0.39 is 0 Å². The molecule has 2 aliphatic rings. The first-order chi connectivity index (χ1) is 9.86. The molecule has 3 rings (SSSR count). The highest BCUT2D eigenvalue weighted by molar-refractivity contribution is 7.99. The van der Waals surface area contributed by atoms with Gasteiger partial charge in [0.15, 0.2) is 11.5 Å². The molecule has 0 aromatic heterocycles. The quantitative estimate of drug-likeness (QED) is 0.904. The van der Waals surface area contributed by atoms with Crippen LogP contribution in [0.25, 0.3) is 0 Å². The molecule has 1 fully saturated rings. The lowest BCUT2D eigenvalue weighted by Gasteiger charge is -2.21. The van der Waals surface area contributed by atoms with E-state index in [0.717, 1.165) is 36.3 Å². The summed E-state index contributed by atoms with van der Waals surface area (Å²) in [4.78, 5) is 0. The third-order valence-electron chi connectivity index (χ3n) is 3.82. The third kappa shape index (κ3) is 3.15. The van der Waals surface area contributed by atoms with Crippen LogP contribution in [0.15, 0.2) is 12.1 Å². The molecular weight excluding hydrogens is 274 g/mol. The molecule has 0 aliphatic carbocycles. The number of thioether (sulfide) groups is 1. The molecule has 0 amide bonds. The largest absolute Gasteiger partial charge is 0.493 e. The molecule has 0 unspecified atom stereocenters. The van der Waals surface area contributed by atoms with Crippen LogP contribution in [0, 0.1) is 5.92 Å². The summed E-state index contributed by atoms with van der Waals surface area (Å²) in [5, 5.41) is 3.55. The van der Waals surface area contributed by atoms with Gasteiger partial charge in [0.25, 0.3) is 0 Å². The number of hydrogen-bond donors (Lipinski definition) is 1. The Labute approximate surface area is 124 Å². The van der Waals surface area contributed by atoms with Gasteiger partial charge in [-0.05, 0) is 54.5 Å². The number of rotatable bonds is 5. The lowest BCUT2D eigenvalue weighted by molar-refractivity contribution is 0.171. The van der Waals surface area contributed by atoms with Crippen molar-refractivity contribution < 1.29 is 14.2 Å².